The average molecular weight is 227 g/mol. The summed E-state index contributed by atoms with van der Waals surface area (Å²) in [4.78, 5) is 15.7. The van der Waals surface area contributed by atoms with Crippen LogP contribution in [0, 0.1) is 0 Å². The number of pyridine rings is 1. The molecule has 0 bridgehead atoms. The number of hydrogen-bond donors (Lipinski definition) is 1. The van der Waals surface area contributed by atoms with E-state index in [1.807, 2.05) is 20.8 Å². The van der Waals surface area contributed by atoms with E-state index in [1.165, 1.54) is 0 Å². The molecule has 1 aromatic rings. The number of nitrogens with one attached hydrogen (secondary N) is 1. The van der Waals surface area contributed by atoms with Crippen LogP contribution in [0.2, 0.25) is 5.15 Å². The van der Waals surface area contributed by atoms with E-state index in [2.05, 4.69) is 10.3 Å². The first kappa shape index (κ1) is 12.0. The molecule has 0 aliphatic rings. The lowest BCUT2D eigenvalue weighted by Crippen LogP contribution is -2.20. The predicted molar refractivity (Wildman–Crippen MR) is 61.3 cm³/mol. The Hall–Kier alpha value is -1.09. The molecule has 3 nitrogen and oxygen atoms in total. The number of halogens is 1. The number of hydrogen-bond acceptors (Lipinski definition) is 2. The van der Waals surface area contributed by atoms with Gasteiger partial charge in [-0.05, 0) is 12.1 Å². The molecule has 0 aliphatic heterocycles. The van der Waals surface area contributed by atoms with Gasteiger partial charge >= 0.3 is 0 Å². The van der Waals surface area contributed by atoms with Gasteiger partial charge in [-0.1, -0.05) is 32.4 Å². The molecular formula is C11H15ClN2O. The van der Waals surface area contributed by atoms with Gasteiger partial charge in [0.1, 0.15) is 5.15 Å². The topological polar surface area (TPSA) is 42.0 Å². The summed E-state index contributed by atoms with van der Waals surface area (Å²) in [6, 6.07) is 3.33. The summed E-state index contributed by atoms with van der Waals surface area (Å²) in [5.41, 5.74) is 1.24. The Kier molecular flexibility index (Phi) is 3.35. The van der Waals surface area contributed by atoms with Crippen LogP contribution in [0.15, 0.2) is 12.1 Å². The molecule has 0 atom stereocenters. The van der Waals surface area contributed by atoms with Crippen molar-refractivity contribution in [2.24, 2.45) is 0 Å². The van der Waals surface area contributed by atoms with Crippen LogP contribution in [0.3, 0.4) is 0 Å². The second-order valence-corrected chi connectivity index (χ2v) is 4.78. The van der Waals surface area contributed by atoms with Crippen molar-refractivity contribution >= 4 is 17.5 Å². The SMILES string of the molecule is CNC(=O)c1cc(Cl)nc(C(C)(C)C)c1. The smallest absolute Gasteiger partial charge is 0.251 e. The van der Waals surface area contributed by atoms with E-state index in [9.17, 15) is 4.79 Å². The number of carbonyl (C=O) groups is 1. The van der Waals surface area contributed by atoms with Crippen LogP contribution in [0.5, 0.6) is 0 Å². The predicted octanol–water partition coefficient (Wildman–Crippen LogP) is 2.39. The van der Waals surface area contributed by atoms with E-state index in [-0.39, 0.29) is 11.3 Å². The fourth-order valence-corrected chi connectivity index (χ4v) is 1.37. The molecule has 0 unspecified atom stereocenters. The highest BCUT2D eigenvalue weighted by atomic mass is 35.5. The van der Waals surface area contributed by atoms with Crippen molar-refractivity contribution in [3.8, 4) is 0 Å². The summed E-state index contributed by atoms with van der Waals surface area (Å²) in [6.07, 6.45) is 0. The second-order valence-electron chi connectivity index (χ2n) is 4.39. The molecular weight excluding hydrogens is 212 g/mol. The van der Waals surface area contributed by atoms with Gasteiger partial charge in [0.2, 0.25) is 0 Å². The van der Waals surface area contributed by atoms with Gasteiger partial charge in [-0.2, -0.15) is 0 Å². The zero-order chi connectivity index (χ0) is 11.6. The standard InChI is InChI=1S/C11H15ClN2O/c1-11(2,3)8-5-7(10(15)13-4)6-9(12)14-8/h5-6H,1-4H3,(H,13,15). The molecule has 0 saturated carbocycles. The van der Waals surface area contributed by atoms with Crippen molar-refractivity contribution in [2.45, 2.75) is 26.2 Å². The van der Waals surface area contributed by atoms with Crippen LogP contribution in [-0.2, 0) is 5.41 Å². The largest absolute Gasteiger partial charge is 0.355 e. The molecule has 1 amide bonds. The normalized spacial score (nSPS) is 11.3. The number of amides is 1. The molecule has 1 aromatic heterocycles. The number of aromatic nitrogens is 1. The number of rotatable bonds is 1. The lowest BCUT2D eigenvalue weighted by molar-refractivity contribution is 0.0963. The minimum atomic E-state index is -0.148. The molecule has 4 heteroatoms. The summed E-state index contributed by atoms with van der Waals surface area (Å²) in [6.45, 7) is 6.08. The molecule has 0 spiro atoms. The van der Waals surface area contributed by atoms with Gasteiger partial charge in [0.25, 0.3) is 5.91 Å². The lowest BCUT2D eigenvalue weighted by atomic mass is 9.91. The third kappa shape index (κ3) is 2.93. The van der Waals surface area contributed by atoms with Gasteiger partial charge in [0.05, 0.1) is 0 Å². The highest BCUT2D eigenvalue weighted by molar-refractivity contribution is 6.29. The third-order valence-electron chi connectivity index (χ3n) is 2.05. The van der Waals surface area contributed by atoms with Gasteiger partial charge in [-0.3, -0.25) is 4.79 Å². The minimum absolute atomic E-state index is 0.117. The van der Waals surface area contributed by atoms with Crippen molar-refractivity contribution in [1.82, 2.24) is 10.3 Å². The van der Waals surface area contributed by atoms with Crippen LogP contribution in [0.4, 0.5) is 0 Å². The third-order valence-corrected chi connectivity index (χ3v) is 2.25. The molecule has 0 fully saturated rings. The first-order valence-electron chi connectivity index (χ1n) is 4.75. The highest BCUT2D eigenvalue weighted by Gasteiger charge is 2.18. The molecule has 15 heavy (non-hydrogen) atoms. The number of carbonyl (C=O) groups excluding carboxylic acids is 1. The van der Waals surface area contributed by atoms with E-state index >= 15 is 0 Å². The van der Waals surface area contributed by atoms with E-state index in [0.29, 0.717) is 10.7 Å². The Balaban J connectivity index is 3.23. The first-order valence-corrected chi connectivity index (χ1v) is 5.12. The van der Waals surface area contributed by atoms with Gasteiger partial charge < -0.3 is 5.32 Å². The maximum atomic E-state index is 11.4. The van der Waals surface area contributed by atoms with Crippen molar-refractivity contribution in [2.75, 3.05) is 7.05 Å². The van der Waals surface area contributed by atoms with E-state index < -0.39 is 0 Å². The Morgan fingerprint density at radius 1 is 1.40 bits per heavy atom. The van der Waals surface area contributed by atoms with Crippen LogP contribution in [0.1, 0.15) is 36.8 Å². The molecule has 0 aliphatic carbocycles. The molecule has 1 N–H and O–H groups in total. The fourth-order valence-electron chi connectivity index (χ4n) is 1.16. The van der Waals surface area contributed by atoms with Gasteiger partial charge in [-0.15, -0.1) is 0 Å². The van der Waals surface area contributed by atoms with E-state index in [1.54, 1.807) is 19.2 Å². The number of nitrogens with zero attached hydrogens (tertiary/aromatic N) is 1. The lowest BCUT2D eigenvalue weighted by Gasteiger charge is -2.18. The zero-order valence-electron chi connectivity index (χ0n) is 9.39. The summed E-state index contributed by atoms with van der Waals surface area (Å²) in [7, 11) is 1.59. The fraction of sp³-hybridized carbons (Fsp3) is 0.455. The zero-order valence-corrected chi connectivity index (χ0v) is 10.1. The monoisotopic (exact) mass is 226 g/mol. The van der Waals surface area contributed by atoms with Crippen molar-refractivity contribution in [3.63, 3.8) is 0 Å². The average Bonchev–Trinajstić information content (AvgIpc) is 2.14. The summed E-state index contributed by atoms with van der Waals surface area (Å²) >= 11 is 5.87. The quantitative estimate of drug-likeness (QED) is 0.748. The van der Waals surface area contributed by atoms with Crippen molar-refractivity contribution in [1.29, 1.82) is 0 Å². The Bertz CT molecular complexity index is 383. The summed E-state index contributed by atoms with van der Waals surface area (Å²) in [5.74, 6) is -0.148. The molecule has 1 rings (SSSR count). The summed E-state index contributed by atoms with van der Waals surface area (Å²) < 4.78 is 0. The molecule has 0 saturated heterocycles. The molecule has 0 radical (unpaired) electrons. The van der Waals surface area contributed by atoms with Crippen LogP contribution >= 0.6 is 11.6 Å². The van der Waals surface area contributed by atoms with Gasteiger partial charge in [0, 0.05) is 23.7 Å². The summed E-state index contributed by atoms with van der Waals surface area (Å²) in [5, 5.41) is 2.91. The van der Waals surface area contributed by atoms with E-state index in [4.69, 9.17) is 11.6 Å². The Labute approximate surface area is 94.9 Å². The highest BCUT2D eigenvalue weighted by Crippen LogP contribution is 2.23. The molecule has 1 heterocycles. The van der Waals surface area contributed by atoms with Crippen LogP contribution in [0.25, 0.3) is 0 Å². The molecule has 82 valence electrons. The van der Waals surface area contributed by atoms with Crippen molar-refractivity contribution < 1.29 is 4.79 Å². The Morgan fingerprint density at radius 3 is 2.47 bits per heavy atom. The maximum absolute atomic E-state index is 11.4. The minimum Gasteiger partial charge on any atom is -0.355 e. The van der Waals surface area contributed by atoms with Crippen LogP contribution in [-0.4, -0.2) is 17.9 Å². The maximum Gasteiger partial charge on any atom is 0.251 e. The van der Waals surface area contributed by atoms with Gasteiger partial charge in [-0.25, -0.2) is 4.98 Å². The van der Waals surface area contributed by atoms with Crippen molar-refractivity contribution in [3.05, 3.63) is 28.5 Å². The second kappa shape index (κ2) is 4.19. The van der Waals surface area contributed by atoms with Crippen LogP contribution < -0.4 is 5.32 Å². The Morgan fingerprint density at radius 2 is 2.00 bits per heavy atom. The first-order chi connectivity index (χ1) is 6.84. The van der Waals surface area contributed by atoms with E-state index in [0.717, 1.165) is 5.69 Å². The molecule has 0 aromatic carbocycles. The van der Waals surface area contributed by atoms with Gasteiger partial charge in [0.15, 0.2) is 0 Å².